The SMILES string of the molecule is CCCCCSc1nc2n(n1)[C@H](c1cccc(Br)c1)C1=C(CCCC1=O)N2. The highest BCUT2D eigenvalue weighted by atomic mass is 79.9. The number of carbonyl (C=O) groups is 1. The number of nitrogens with one attached hydrogen (secondary N) is 1. The summed E-state index contributed by atoms with van der Waals surface area (Å²) in [7, 11) is 0. The number of carbonyl (C=O) groups excluding carboxylic acids is 1. The lowest BCUT2D eigenvalue weighted by Crippen LogP contribution is -2.31. The second kappa shape index (κ2) is 8.19. The first-order chi connectivity index (χ1) is 13.2. The number of anilines is 1. The smallest absolute Gasteiger partial charge is 0.227 e. The Bertz CT molecular complexity index is 892. The van der Waals surface area contributed by atoms with Crippen LogP contribution in [0.3, 0.4) is 0 Å². The number of benzene rings is 1. The lowest BCUT2D eigenvalue weighted by molar-refractivity contribution is -0.116. The van der Waals surface area contributed by atoms with Gasteiger partial charge in [0.25, 0.3) is 0 Å². The van der Waals surface area contributed by atoms with E-state index in [0.717, 1.165) is 51.0 Å². The fourth-order valence-electron chi connectivity index (χ4n) is 3.70. The molecule has 1 aromatic heterocycles. The summed E-state index contributed by atoms with van der Waals surface area (Å²) < 4.78 is 2.89. The highest BCUT2D eigenvalue weighted by molar-refractivity contribution is 9.10. The van der Waals surface area contributed by atoms with E-state index in [1.807, 2.05) is 16.8 Å². The summed E-state index contributed by atoms with van der Waals surface area (Å²) >= 11 is 5.25. The number of hydrogen-bond acceptors (Lipinski definition) is 5. The number of hydrogen-bond donors (Lipinski definition) is 1. The zero-order valence-corrected chi connectivity index (χ0v) is 17.8. The zero-order chi connectivity index (χ0) is 18.8. The number of Topliss-reactive ketones (excluding diaryl/α,β-unsaturated/α-hetero) is 1. The number of rotatable bonds is 6. The fourth-order valence-corrected chi connectivity index (χ4v) is 4.94. The van der Waals surface area contributed by atoms with Crippen LogP contribution in [-0.4, -0.2) is 26.3 Å². The Morgan fingerprint density at radius 2 is 2.22 bits per heavy atom. The molecule has 0 spiro atoms. The van der Waals surface area contributed by atoms with Crippen LogP contribution in [0.2, 0.25) is 0 Å². The monoisotopic (exact) mass is 446 g/mol. The summed E-state index contributed by atoms with van der Waals surface area (Å²) in [6.45, 7) is 2.21. The Morgan fingerprint density at radius 1 is 1.33 bits per heavy atom. The van der Waals surface area contributed by atoms with Crippen molar-refractivity contribution in [3.8, 4) is 0 Å². The Hall–Kier alpha value is -1.60. The Balaban J connectivity index is 1.71. The minimum atomic E-state index is -0.209. The molecule has 2 heterocycles. The molecular weight excluding hydrogens is 424 g/mol. The van der Waals surface area contributed by atoms with Gasteiger partial charge in [0.15, 0.2) is 5.78 Å². The predicted molar refractivity (Wildman–Crippen MR) is 112 cm³/mol. The molecule has 2 aromatic rings. The van der Waals surface area contributed by atoms with Crippen LogP contribution in [0.5, 0.6) is 0 Å². The van der Waals surface area contributed by atoms with E-state index in [0.29, 0.717) is 6.42 Å². The van der Waals surface area contributed by atoms with Crippen LogP contribution in [0.25, 0.3) is 0 Å². The van der Waals surface area contributed by atoms with E-state index in [2.05, 4.69) is 40.3 Å². The Kier molecular flexibility index (Phi) is 5.68. The second-order valence-corrected chi connectivity index (χ2v) is 8.95. The summed E-state index contributed by atoms with van der Waals surface area (Å²) in [5.41, 5.74) is 2.92. The number of nitrogens with zero attached hydrogens (tertiary/aromatic N) is 3. The van der Waals surface area contributed by atoms with Crippen molar-refractivity contribution in [1.82, 2.24) is 14.8 Å². The molecule has 0 fully saturated rings. The number of thioether (sulfide) groups is 1. The normalized spacial score (nSPS) is 18.9. The van der Waals surface area contributed by atoms with Crippen LogP contribution in [0.4, 0.5) is 5.95 Å². The predicted octanol–water partition coefficient (Wildman–Crippen LogP) is 5.34. The van der Waals surface area contributed by atoms with Crippen molar-refractivity contribution in [3.63, 3.8) is 0 Å². The van der Waals surface area contributed by atoms with Gasteiger partial charge in [0.1, 0.15) is 6.04 Å². The van der Waals surface area contributed by atoms with E-state index in [4.69, 9.17) is 10.1 Å². The van der Waals surface area contributed by atoms with Gasteiger partial charge in [-0.3, -0.25) is 4.79 Å². The van der Waals surface area contributed by atoms with Gasteiger partial charge in [-0.05, 0) is 37.0 Å². The van der Waals surface area contributed by atoms with Crippen molar-refractivity contribution in [1.29, 1.82) is 0 Å². The Labute approximate surface area is 172 Å². The number of unbranched alkanes of at least 4 members (excludes halogenated alkanes) is 2. The third-order valence-corrected chi connectivity index (χ3v) is 6.41. The van der Waals surface area contributed by atoms with E-state index >= 15 is 0 Å². The van der Waals surface area contributed by atoms with Gasteiger partial charge in [0.05, 0.1) is 0 Å². The van der Waals surface area contributed by atoms with Gasteiger partial charge in [0, 0.05) is 27.9 Å². The maximum Gasteiger partial charge on any atom is 0.227 e. The highest BCUT2D eigenvalue weighted by Gasteiger charge is 2.36. The number of halogens is 1. The average Bonchev–Trinajstić information content (AvgIpc) is 3.06. The minimum absolute atomic E-state index is 0.209. The quantitative estimate of drug-likeness (QED) is 0.478. The molecule has 0 bridgehead atoms. The van der Waals surface area contributed by atoms with Gasteiger partial charge in [-0.25, -0.2) is 4.68 Å². The van der Waals surface area contributed by atoms with E-state index < -0.39 is 0 Å². The summed E-state index contributed by atoms with van der Waals surface area (Å²) in [5, 5.41) is 8.93. The van der Waals surface area contributed by atoms with Gasteiger partial charge in [-0.1, -0.05) is 59.6 Å². The lowest BCUT2D eigenvalue weighted by atomic mass is 9.85. The van der Waals surface area contributed by atoms with Gasteiger partial charge in [-0.15, -0.1) is 5.10 Å². The molecule has 1 N–H and O–H groups in total. The minimum Gasteiger partial charge on any atom is -0.328 e. The van der Waals surface area contributed by atoms with Crippen LogP contribution in [-0.2, 0) is 4.79 Å². The van der Waals surface area contributed by atoms with E-state index in [9.17, 15) is 4.79 Å². The van der Waals surface area contributed by atoms with E-state index in [1.54, 1.807) is 11.8 Å². The van der Waals surface area contributed by atoms with Crippen LogP contribution in [0.1, 0.15) is 57.1 Å². The van der Waals surface area contributed by atoms with Crippen molar-refractivity contribution in [2.45, 2.75) is 56.6 Å². The molecular formula is C20H23BrN4OS. The van der Waals surface area contributed by atoms with Crippen molar-refractivity contribution >= 4 is 39.4 Å². The largest absolute Gasteiger partial charge is 0.328 e. The third-order valence-electron chi connectivity index (χ3n) is 4.99. The maximum absolute atomic E-state index is 12.8. The molecule has 0 unspecified atom stereocenters. The molecule has 5 nitrogen and oxygen atoms in total. The molecule has 4 rings (SSSR count). The van der Waals surface area contributed by atoms with Crippen LogP contribution >= 0.6 is 27.7 Å². The van der Waals surface area contributed by atoms with Gasteiger partial charge >= 0.3 is 0 Å². The van der Waals surface area contributed by atoms with E-state index in [-0.39, 0.29) is 11.8 Å². The number of ketones is 1. The van der Waals surface area contributed by atoms with Crippen molar-refractivity contribution in [3.05, 3.63) is 45.6 Å². The van der Waals surface area contributed by atoms with Gasteiger partial charge in [0.2, 0.25) is 11.1 Å². The first-order valence-corrected chi connectivity index (χ1v) is 11.3. The van der Waals surface area contributed by atoms with Crippen LogP contribution in [0, 0.1) is 0 Å². The molecule has 27 heavy (non-hydrogen) atoms. The molecule has 142 valence electrons. The summed E-state index contributed by atoms with van der Waals surface area (Å²) in [6.07, 6.45) is 5.98. The van der Waals surface area contributed by atoms with Crippen molar-refractivity contribution in [2.75, 3.05) is 11.1 Å². The number of fused-ring (bicyclic) bond motifs is 1. The molecule has 0 radical (unpaired) electrons. The van der Waals surface area contributed by atoms with Gasteiger partial charge < -0.3 is 5.32 Å². The lowest BCUT2D eigenvalue weighted by Gasteiger charge is -2.32. The first-order valence-electron chi connectivity index (χ1n) is 9.55. The molecule has 0 amide bonds. The molecule has 1 aliphatic heterocycles. The number of allylic oxidation sites excluding steroid dienone is 2. The maximum atomic E-state index is 12.8. The molecule has 0 saturated heterocycles. The molecule has 7 heteroatoms. The van der Waals surface area contributed by atoms with E-state index in [1.165, 1.54) is 19.3 Å². The zero-order valence-electron chi connectivity index (χ0n) is 15.4. The van der Waals surface area contributed by atoms with Crippen molar-refractivity contribution < 1.29 is 4.79 Å². The molecule has 1 aliphatic carbocycles. The van der Waals surface area contributed by atoms with Crippen molar-refractivity contribution in [2.24, 2.45) is 0 Å². The topological polar surface area (TPSA) is 59.8 Å². The van der Waals surface area contributed by atoms with Crippen LogP contribution < -0.4 is 5.32 Å². The summed E-state index contributed by atoms with van der Waals surface area (Å²) in [4.78, 5) is 17.5. The summed E-state index contributed by atoms with van der Waals surface area (Å²) in [6, 6.07) is 7.93. The second-order valence-electron chi connectivity index (χ2n) is 6.97. The average molecular weight is 447 g/mol. The number of aromatic nitrogens is 3. The molecule has 2 aliphatic rings. The van der Waals surface area contributed by atoms with Crippen LogP contribution in [0.15, 0.2) is 45.2 Å². The highest BCUT2D eigenvalue weighted by Crippen LogP contribution is 2.41. The van der Waals surface area contributed by atoms with Gasteiger partial charge in [-0.2, -0.15) is 4.98 Å². The first kappa shape index (κ1) is 18.7. The summed E-state index contributed by atoms with van der Waals surface area (Å²) in [5.74, 6) is 1.98. The fraction of sp³-hybridized carbons (Fsp3) is 0.450. The molecule has 1 atom stereocenters. The molecule has 0 saturated carbocycles. The standard InChI is InChI=1S/C20H23BrN4OS/c1-2-3-4-11-27-20-23-19-22-15-9-6-10-16(26)17(15)18(25(19)24-20)13-7-5-8-14(21)12-13/h5,7-8,12,18H,2-4,6,9-11H2,1H3,(H,22,23,24)/t18-/m1/s1. The Morgan fingerprint density at radius 3 is 3.04 bits per heavy atom. The third kappa shape index (κ3) is 3.85. The molecule has 1 aromatic carbocycles.